The Morgan fingerprint density at radius 3 is 2.32 bits per heavy atom. The summed E-state index contributed by atoms with van der Waals surface area (Å²) in [6.07, 6.45) is 0.367. The summed E-state index contributed by atoms with van der Waals surface area (Å²) in [4.78, 5) is 37.2. The van der Waals surface area contributed by atoms with Crippen molar-refractivity contribution in [2.45, 2.75) is 44.7 Å². The van der Waals surface area contributed by atoms with Crippen LogP contribution >= 0.6 is 0 Å². The standard InChI is InChI=1S/C26H30N2O6/c1-3-8-21(23(29)28-22-14-33-15-26(22,2)24(30)31)27-25(32)34-13-20-18-11-6-4-9-16(18)17-10-5-7-12-19(17)20/h4-7,9-12,20-22H,3,8,13-15H2,1-2H3,(H,27,32)(H,28,29)(H,30,31)/t21-,22?,26?/m1/s1. The highest BCUT2D eigenvalue weighted by Crippen LogP contribution is 2.44. The Bertz CT molecular complexity index is 1040. The van der Waals surface area contributed by atoms with Gasteiger partial charge in [-0.25, -0.2) is 4.79 Å². The van der Waals surface area contributed by atoms with Crippen molar-refractivity contribution in [2.24, 2.45) is 5.41 Å². The number of benzene rings is 2. The number of hydrogen-bond acceptors (Lipinski definition) is 5. The first-order chi connectivity index (χ1) is 16.3. The van der Waals surface area contributed by atoms with Crippen molar-refractivity contribution >= 4 is 18.0 Å². The summed E-state index contributed by atoms with van der Waals surface area (Å²) in [5.41, 5.74) is 3.27. The van der Waals surface area contributed by atoms with Crippen molar-refractivity contribution in [3.8, 4) is 11.1 Å². The number of fused-ring (bicyclic) bond motifs is 3. The lowest BCUT2D eigenvalue weighted by Crippen LogP contribution is -2.55. The van der Waals surface area contributed by atoms with E-state index in [2.05, 4.69) is 22.8 Å². The van der Waals surface area contributed by atoms with E-state index in [1.165, 1.54) is 0 Å². The topological polar surface area (TPSA) is 114 Å². The molecule has 4 rings (SSSR count). The molecule has 34 heavy (non-hydrogen) atoms. The van der Waals surface area contributed by atoms with Crippen LogP contribution in [-0.2, 0) is 19.1 Å². The number of carboxylic acid groups (broad SMARTS) is 1. The molecule has 0 saturated carbocycles. The third kappa shape index (κ3) is 4.50. The Morgan fingerprint density at radius 1 is 1.12 bits per heavy atom. The van der Waals surface area contributed by atoms with Gasteiger partial charge in [0.25, 0.3) is 0 Å². The van der Waals surface area contributed by atoms with Crippen molar-refractivity contribution in [2.75, 3.05) is 19.8 Å². The smallest absolute Gasteiger partial charge is 0.407 e. The molecule has 2 aromatic carbocycles. The highest BCUT2D eigenvalue weighted by Gasteiger charge is 2.47. The first-order valence-corrected chi connectivity index (χ1v) is 11.6. The van der Waals surface area contributed by atoms with Crippen LogP contribution in [-0.4, -0.2) is 55.0 Å². The molecule has 1 saturated heterocycles. The molecule has 2 amide bonds. The van der Waals surface area contributed by atoms with Crippen LogP contribution in [0.15, 0.2) is 48.5 Å². The lowest BCUT2D eigenvalue weighted by Gasteiger charge is -2.27. The Kier molecular flexibility index (Phi) is 6.88. The van der Waals surface area contributed by atoms with Gasteiger partial charge in [-0.05, 0) is 35.6 Å². The molecule has 2 aromatic rings. The molecular formula is C26H30N2O6. The van der Waals surface area contributed by atoms with Crippen molar-refractivity contribution in [3.05, 3.63) is 59.7 Å². The Hall–Kier alpha value is -3.39. The van der Waals surface area contributed by atoms with Crippen molar-refractivity contribution in [1.82, 2.24) is 10.6 Å². The zero-order valence-electron chi connectivity index (χ0n) is 19.4. The molecule has 8 nitrogen and oxygen atoms in total. The zero-order chi connectivity index (χ0) is 24.3. The molecule has 1 fully saturated rings. The van der Waals surface area contributed by atoms with Crippen LogP contribution < -0.4 is 10.6 Å². The summed E-state index contributed by atoms with van der Waals surface area (Å²) in [7, 11) is 0. The predicted molar refractivity (Wildman–Crippen MR) is 125 cm³/mol. The molecule has 0 spiro atoms. The maximum absolute atomic E-state index is 12.9. The van der Waals surface area contributed by atoms with Crippen LogP contribution in [0, 0.1) is 5.41 Å². The van der Waals surface area contributed by atoms with Gasteiger partial charge in [0.1, 0.15) is 18.1 Å². The molecule has 0 aromatic heterocycles. The maximum atomic E-state index is 12.9. The first-order valence-electron chi connectivity index (χ1n) is 11.6. The summed E-state index contributed by atoms with van der Waals surface area (Å²) < 4.78 is 10.9. The number of carboxylic acids is 1. The summed E-state index contributed by atoms with van der Waals surface area (Å²) in [5, 5.41) is 14.9. The van der Waals surface area contributed by atoms with Gasteiger partial charge >= 0.3 is 12.1 Å². The van der Waals surface area contributed by atoms with Gasteiger partial charge in [-0.3, -0.25) is 9.59 Å². The monoisotopic (exact) mass is 466 g/mol. The van der Waals surface area contributed by atoms with Gasteiger partial charge < -0.3 is 25.2 Å². The minimum Gasteiger partial charge on any atom is -0.481 e. The average Bonchev–Trinajstić information content (AvgIpc) is 3.36. The minimum atomic E-state index is -1.21. The molecule has 2 aliphatic rings. The number of alkyl carbamates (subject to hydrolysis) is 1. The van der Waals surface area contributed by atoms with Crippen LogP contribution in [0.1, 0.15) is 43.7 Å². The summed E-state index contributed by atoms with van der Waals surface area (Å²) >= 11 is 0. The molecule has 0 bridgehead atoms. The number of amides is 2. The lowest BCUT2D eigenvalue weighted by molar-refractivity contribution is -0.149. The van der Waals surface area contributed by atoms with Crippen molar-refractivity contribution < 1.29 is 29.0 Å². The molecule has 3 atom stereocenters. The Morgan fingerprint density at radius 2 is 1.74 bits per heavy atom. The van der Waals surface area contributed by atoms with Gasteiger partial charge in [0.2, 0.25) is 5.91 Å². The summed E-state index contributed by atoms with van der Waals surface area (Å²) in [5.74, 6) is -1.56. The SMILES string of the molecule is CCC[C@@H](NC(=O)OCC1c2ccccc2-c2ccccc21)C(=O)NC1COCC1(C)C(=O)O. The molecule has 3 N–H and O–H groups in total. The van der Waals surface area contributed by atoms with E-state index >= 15 is 0 Å². The molecule has 0 radical (unpaired) electrons. The zero-order valence-corrected chi connectivity index (χ0v) is 19.4. The highest BCUT2D eigenvalue weighted by atomic mass is 16.5. The van der Waals surface area contributed by atoms with Crippen LogP contribution in [0.3, 0.4) is 0 Å². The maximum Gasteiger partial charge on any atom is 0.407 e. The fourth-order valence-electron chi connectivity index (χ4n) is 4.70. The third-order valence-corrected chi connectivity index (χ3v) is 6.79. The van der Waals surface area contributed by atoms with Gasteiger partial charge in [-0.15, -0.1) is 0 Å². The number of ether oxygens (including phenoxy) is 2. The van der Waals surface area contributed by atoms with E-state index in [9.17, 15) is 19.5 Å². The van der Waals surface area contributed by atoms with Crippen molar-refractivity contribution in [1.29, 1.82) is 0 Å². The number of carbonyl (C=O) groups is 3. The number of carbonyl (C=O) groups excluding carboxylic acids is 2. The van der Waals surface area contributed by atoms with E-state index in [-0.39, 0.29) is 25.7 Å². The van der Waals surface area contributed by atoms with E-state index < -0.39 is 35.5 Å². The van der Waals surface area contributed by atoms with Gasteiger partial charge in [0.05, 0.1) is 19.3 Å². The normalized spacial score (nSPS) is 21.9. The summed E-state index contributed by atoms with van der Waals surface area (Å²) in [6.45, 7) is 3.72. The molecule has 1 aliphatic heterocycles. The van der Waals surface area contributed by atoms with Gasteiger partial charge in [-0.2, -0.15) is 0 Å². The number of aliphatic carboxylic acids is 1. The second-order valence-electron chi connectivity index (χ2n) is 9.11. The van der Waals surface area contributed by atoms with Crippen LogP contribution in [0.4, 0.5) is 4.79 Å². The molecular weight excluding hydrogens is 436 g/mol. The van der Waals surface area contributed by atoms with Gasteiger partial charge in [-0.1, -0.05) is 61.9 Å². The van der Waals surface area contributed by atoms with E-state index in [1.54, 1.807) is 6.92 Å². The third-order valence-electron chi connectivity index (χ3n) is 6.79. The predicted octanol–water partition coefficient (Wildman–Crippen LogP) is 3.30. The molecule has 1 aliphatic carbocycles. The summed E-state index contributed by atoms with van der Waals surface area (Å²) in [6, 6.07) is 14.6. The lowest BCUT2D eigenvalue weighted by atomic mass is 9.85. The molecule has 8 heteroatoms. The quantitative estimate of drug-likeness (QED) is 0.550. The van der Waals surface area contributed by atoms with Gasteiger partial charge in [0.15, 0.2) is 0 Å². The second kappa shape index (κ2) is 9.85. The Balaban J connectivity index is 1.39. The molecule has 180 valence electrons. The number of hydrogen-bond donors (Lipinski definition) is 3. The fourth-order valence-corrected chi connectivity index (χ4v) is 4.70. The van der Waals surface area contributed by atoms with Gasteiger partial charge in [0, 0.05) is 5.92 Å². The second-order valence-corrected chi connectivity index (χ2v) is 9.11. The first kappa shape index (κ1) is 23.8. The van der Waals surface area contributed by atoms with E-state index in [4.69, 9.17) is 9.47 Å². The molecule has 1 heterocycles. The van der Waals surface area contributed by atoms with Crippen LogP contribution in [0.2, 0.25) is 0 Å². The van der Waals surface area contributed by atoms with Crippen LogP contribution in [0.25, 0.3) is 11.1 Å². The van der Waals surface area contributed by atoms with E-state index in [0.29, 0.717) is 12.8 Å². The fraction of sp³-hybridized carbons (Fsp3) is 0.423. The van der Waals surface area contributed by atoms with Crippen LogP contribution in [0.5, 0.6) is 0 Å². The number of nitrogens with one attached hydrogen (secondary N) is 2. The molecule has 2 unspecified atom stereocenters. The van der Waals surface area contributed by atoms with E-state index in [0.717, 1.165) is 22.3 Å². The largest absolute Gasteiger partial charge is 0.481 e. The number of rotatable bonds is 8. The van der Waals surface area contributed by atoms with Crippen molar-refractivity contribution in [3.63, 3.8) is 0 Å². The van der Waals surface area contributed by atoms with E-state index in [1.807, 2.05) is 43.3 Å². The average molecular weight is 467 g/mol. The highest BCUT2D eigenvalue weighted by molar-refractivity contribution is 5.87. The Labute approximate surface area is 198 Å². The minimum absolute atomic E-state index is 0.0194.